The first-order chi connectivity index (χ1) is 11.8. The molecule has 0 aromatic carbocycles. The van der Waals surface area contributed by atoms with Crippen LogP contribution in [0.15, 0.2) is 30.9 Å². The highest BCUT2D eigenvalue weighted by atomic mass is 19.4. The van der Waals surface area contributed by atoms with Gasteiger partial charge in [0, 0.05) is 38.1 Å². The van der Waals surface area contributed by atoms with E-state index < -0.39 is 11.9 Å². The Hall–Kier alpha value is -2.58. The summed E-state index contributed by atoms with van der Waals surface area (Å²) in [5.41, 5.74) is 0.0850. The molecule has 9 heteroatoms. The Bertz CT molecular complexity index is 750. The molecule has 0 atom stereocenters. The van der Waals surface area contributed by atoms with Crippen LogP contribution in [-0.4, -0.2) is 39.6 Å². The highest BCUT2D eigenvalue weighted by Gasteiger charge is 2.33. The zero-order chi connectivity index (χ0) is 18.0. The third-order valence-corrected chi connectivity index (χ3v) is 4.28. The summed E-state index contributed by atoms with van der Waals surface area (Å²) >= 11 is 0. The van der Waals surface area contributed by atoms with E-state index in [1.807, 2.05) is 4.90 Å². The van der Waals surface area contributed by atoms with Gasteiger partial charge in [0.05, 0.1) is 12.5 Å². The summed E-state index contributed by atoms with van der Waals surface area (Å²) in [5.74, 6) is -0.193. The fourth-order valence-corrected chi connectivity index (χ4v) is 2.89. The van der Waals surface area contributed by atoms with Gasteiger partial charge in [0.2, 0.25) is 0 Å². The van der Waals surface area contributed by atoms with Crippen LogP contribution < -0.4 is 10.2 Å². The molecule has 3 heterocycles. The molecule has 0 spiro atoms. The van der Waals surface area contributed by atoms with E-state index >= 15 is 0 Å². The summed E-state index contributed by atoms with van der Waals surface area (Å²) in [5, 5.41) is 2.95. The summed E-state index contributed by atoms with van der Waals surface area (Å²) in [4.78, 5) is 21.4. The number of nitrogens with one attached hydrogen (secondary N) is 1. The largest absolute Gasteiger partial charge is 0.433 e. The van der Waals surface area contributed by atoms with Gasteiger partial charge in [-0.15, -0.1) is 0 Å². The number of halogens is 3. The standard InChI is InChI=1S/C16H18F3N5O/c1-23-10-20-9-13(23)15(25)22-11-3-6-24(7-4-11)12-2-5-21-14(8-12)16(17,18)19/h2,5,8-11H,3-4,6-7H2,1H3,(H,22,25). The third kappa shape index (κ3) is 3.92. The van der Waals surface area contributed by atoms with E-state index in [0.717, 1.165) is 6.07 Å². The minimum absolute atomic E-state index is 0.0115. The van der Waals surface area contributed by atoms with Gasteiger partial charge < -0.3 is 14.8 Å². The molecular formula is C16H18F3N5O. The van der Waals surface area contributed by atoms with Gasteiger partial charge in [-0.25, -0.2) is 4.98 Å². The van der Waals surface area contributed by atoms with Gasteiger partial charge in [0.25, 0.3) is 5.91 Å². The zero-order valence-corrected chi connectivity index (χ0v) is 13.6. The van der Waals surface area contributed by atoms with Crippen LogP contribution in [0, 0.1) is 0 Å². The van der Waals surface area contributed by atoms with Gasteiger partial charge in [-0.05, 0) is 25.0 Å². The molecule has 1 saturated heterocycles. The van der Waals surface area contributed by atoms with Crippen LogP contribution in [0.5, 0.6) is 0 Å². The predicted octanol–water partition coefficient (Wildman–Crippen LogP) is 2.23. The number of rotatable bonds is 3. The first-order valence-corrected chi connectivity index (χ1v) is 7.90. The molecule has 1 aliphatic rings. The lowest BCUT2D eigenvalue weighted by Gasteiger charge is -2.34. The van der Waals surface area contributed by atoms with Crippen LogP contribution in [0.1, 0.15) is 29.0 Å². The average molecular weight is 353 g/mol. The number of carbonyl (C=O) groups is 1. The molecule has 0 saturated carbocycles. The van der Waals surface area contributed by atoms with E-state index in [1.165, 1.54) is 12.4 Å². The molecule has 134 valence electrons. The fourth-order valence-electron chi connectivity index (χ4n) is 2.89. The normalized spacial score (nSPS) is 16.1. The molecule has 6 nitrogen and oxygen atoms in total. The Kier molecular flexibility index (Phi) is 4.65. The predicted molar refractivity (Wildman–Crippen MR) is 85.1 cm³/mol. The summed E-state index contributed by atoms with van der Waals surface area (Å²) in [6, 6.07) is 2.63. The van der Waals surface area contributed by atoms with E-state index in [2.05, 4.69) is 15.3 Å². The molecule has 0 aliphatic carbocycles. The maximum atomic E-state index is 12.8. The smallest absolute Gasteiger partial charge is 0.371 e. The molecule has 25 heavy (non-hydrogen) atoms. The average Bonchev–Trinajstić information content (AvgIpc) is 3.01. The van der Waals surface area contributed by atoms with Crippen molar-refractivity contribution in [1.29, 1.82) is 0 Å². The van der Waals surface area contributed by atoms with Crippen LogP contribution in [0.3, 0.4) is 0 Å². The number of nitrogens with zero attached hydrogens (tertiary/aromatic N) is 4. The minimum Gasteiger partial charge on any atom is -0.371 e. The van der Waals surface area contributed by atoms with Crippen molar-refractivity contribution in [2.75, 3.05) is 18.0 Å². The summed E-state index contributed by atoms with van der Waals surface area (Å²) in [6.07, 6.45) is 1.10. The number of aromatic nitrogens is 3. The Morgan fingerprint density at radius 3 is 2.64 bits per heavy atom. The zero-order valence-electron chi connectivity index (χ0n) is 13.6. The number of imidazole rings is 1. The molecular weight excluding hydrogens is 335 g/mol. The van der Waals surface area contributed by atoms with E-state index in [-0.39, 0.29) is 11.9 Å². The molecule has 0 bridgehead atoms. The van der Waals surface area contributed by atoms with E-state index in [0.29, 0.717) is 37.3 Å². The van der Waals surface area contributed by atoms with E-state index in [9.17, 15) is 18.0 Å². The topological polar surface area (TPSA) is 63.1 Å². The molecule has 2 aromatic rings. The summed E-state index contributed by atoms with van der Waals surface area (Å²) in [7, 11) is 1.74. The highest BCUT2D eigenvalue weighted by Crippen LogP contribution is 2.30. The van der Waals surface area contributed by atoms with Gasteiger partial charge in [-0.2, -0.15) is 13.2 Å². The molecule has 3 rings (SSSR count). The number of aryl methyl sites for hydroxylation is 1. The lowest BCUT2D eigenvalue weighted by molar-refractivity contribution is -0.141. The number of carbonyl (C=O) groups excluding carboxylic acids is 1. The van der Waals surface area contributed by atoms with Crippen LogP contribution in [0.4, 0.5) is 18.9 Å². The van der Waals surface area contributed by atoms with Crippen molar-refractivity contribution in [3.8, 4) is 0 Å². The molecule has 1 amide bonds. The number of hydrogen-bond acceptors (Lipinski definition) is 4. The van der Waals surface area contributed by atoms with E-state index in [4.69, 9.17) is 0 Å². The molecule has 1 N–H and O–H groups in total. The quantitative estimate of drug-likeness (QED) is 0.919. The third-order valence-electron chi connectivity index (χ3n) is 4.28. The van der Waals surface area contributed by atoms with Crippen LogP contribution in [0.2, 0.25) is 0 Å². The highest BCUT2D eigenvalue weighted by molar-refractivity contribution is 5.92. The SMILES string of the molecule is Cn1cncc1C(=O)NC1CCN(c2ccnc(C(F)(F)F)c2)CC1. The molecule has 0 unspecified atom stereocenters. The first-order valence-electron chi connectivity index (χ1n) is 7.90. The van der Waals surface area contributed by atoms with Gasteiger partial charge >= 0.3 is 6.18 Å². The lowest BCUT2D eigenvalue weighted by atomic mass is 10.0. The maximum absolute atomic E-state index is 12.8. The maximum Gasteiger partial charge on any atom is 0.433 e. The van der Waals surface area contributed by atoms with Crippen LogP contribution in [0.25, 0.3) is 0 Å². The summed E-state index contributed by atoms with van der Waals surface area (Å²) < 4.78 is 40.0. The van der Waals surface area contributed by atoms with Gasteiger partial charge in [-0.1, -0.05) is 0 Å². The van der Waals surface area contributed by atoms with Gasteiger partial charge in [0.15, 0.2) is 0 Å². The lowest BCUT2D eigenvalue weighted by Crippen LogP contribution is -2.45. The number of piperidine rings is 1. The summed E-state index contributed by atoms with van der Waals surface area (Å²) in [6.45, 7) is 1.13. The van der Waals surface area contributed by atoms with Crippen molar-refractivity contribution < 1.29 is 18.0 Å². The van der Waals surface area contributed by atoms with Crippen molar-refractivity contribution in [3.63, 3.8) is 0 Å². The van der Waals surface area contributed by atoms with E-state index in [1.54, 1.807) is 24.0 Å². The minimum atomic E-state index is -4.45. The molecule has 2 aromatic heterocycles. The van der Waals surface area contributed by atoms with Crippen molar-refractivity contribution in [2.45, 2.75) is 25.1 Å². The molecule has 1 aliphatic heterocycles. The number of hydrogen-bond donors (Lipinski definition) is 1. The Morgan fingerprint density at radius 2 is 2.04 bits per heavy atom. The molecule has 1 fully saturated rings. The first kappa shape index (κ1) is 17.2. The second-order valence-electron chi connectivity index (χ2n) is 6.02. The number of pyridine rings is 1. The molecule has 0 radical (unpaired) electrons. The fraction of sp³-hybridized carbons (Fsp3) is 0.438. The van der Waals surface area contributed by atoms with Gasteiger partial charge in [0.1, 0.15) is 11.4 Å². The second-order valence-corrected chi connectivity index (χ2v) is 6.02. The van der Waals surface area contributed by atoms with Crippen molar-refractivity contribution in [3.05, 3.63) is 42.2 Å². The van der Waals surface area contributed by atoms with Crippen molar-refractivity contribution in [2.24, 2.45) is 7.05 Å². The monoisotopic (exact) mass is 353 g/mol. The van der Waals surface area contributed by atoms with Gasteiger partial charge in [-0.3, -0.25) is 9.78 Å². The van der Waals surface area contributed by atoms with Crippen LogP contribution in [-0.2, 0) is 13.2 Å². The van der Waals surface area contributed by atoms with Crippen molar-refractivity contribution >= 4 is 11.6 Å². The number of amides is 1. The second kappa shape index (κ2) is 6.73. The Balaban J connectivity index is 1.59. The Labute approximate surface area is 142 Å². The Morgan fingerprint density at radius 1 is 1.32 bits per heavy atom. The van der Waals surface area contributed by atoms with Crippen molar-refractivity contribution in [1.82, 2.24) is 19.9 Å². The van der Waals surface area contributed by atoms with Crippen LogP contribution >= 0.6 is 0 Å². The number of alkyl halides is 3. The number of anilines is 1.